The van der Waals surface area contributed by atoms with Crippen molar-refractivity contribution in [2.45, 2.75) is 45.4 Å². The molecule has 0 saturated carbocycles. The van der Waals surface area contributed by atoms with Gasteiger partial charge in [-0.1, -0.05) is 69.0 Å². The molecule has 0 atom stereocenters. The zero-order chi connectivity index (χ0) is 16.5. The Labute approximate surface area is 138 Å². The lowest BCUT2D eigenvalue weighted by Crippen LogP contribution is -1.98. The summed E-state index contributed by atoms with van der Waals surface area (Å²) in [6, 6.07) is 17.4. The number of ketones is 1. The van der Waals surface area contributed by atoms with E-state index in [1.165, 1.54) is 19.3 Å². The van der Waals surface area contributed by atoms with E-state index in [4.69, 9.17) is 5.26 Å². The second kappa shape index (κ2) is 8.90. The van der Waals surface area contributed by atoms with Crippen molar-refractivity contribution in [3.05, 3.63) is 59.7 Å². The van der Waals surface area contributed by atoms with Gasteiger partial charge in [-0.25, -0.2) is 0 Å². The van der Waals surface area contributed by atoms with Crippen LogP contribution in [0.25, 0.3) is 11.1 Å². The molecule has 2 rings (SSSR count). The van der Waals surface area contributed by atoms with E-state index in [0.717, 1.165) is 29.5 Å². The molecule has 0 heterocycles. The molecule has 2 nitrogen and oxygen atoms in total. The van der Waals surface area contributed by atoms with Gasteiger partial charge in [0.1, 0.15) is 0 Å². The summed E-state index contributed by atoms with van der Waals surface area (Å²) in [6.45, 7) is 2.20. The number of hydrogen-bond donors (Lipinski definition) is 0. The molecule has 0 unspecified atom stereocenters. The molecule has 0 aromatic heterocycles. The summed E-state index contributed by atoms with van der Waals surface area (Å²) >= 11 is 0. The van der Waals surface area contributed by atoms with Crippen LogP contribution >= 0.6 is 0 Å². The van der Waals surface area contributed by atoms with Crippen molar-refractivity contribution in [3.63, 3.8) is 0 Å². The number of rotatable bonds is 8. The van der Waals surface area contributed by atoms with Crippen molar-refractivity contribution in [3.8, 4) is 17.2 Å². The van der Waals surface area contributed by atoms with Crippen molar-refractivity contribution in [1.82, 2.24) is 0 Å². The van der Waals surface area contributed by atoms with Gasteiger partial charge in [-0.05, 0) is 29.7 Å². The topological polar surface area (TPSA) is 40.9 Å². The third-order valence-corrected chi connectivity index (χ3v) is 4.06. The minimum atomic E-state index is 0.230. The Bertz CT molecular complexity index is 662. The van der Waals surface area contributed by atoms with Crippen LogP contribution in [-0.2, 0) is 0 Å². The van der Waals surface area contributed by atoms with Gasteiger partial charge in [0.2, 0.25) is 0 Å². The van der Waals surface area contributed by atoms with E-state index >= 15 is 0 Å². The number of nitriles is 1. The van der Waals surface area contributed by atoms with Crippen LogP contribution in [0.2, 0.25) is 0 Å². The number of carbonyl (C=O) groups excluding carboxylic acids is 1. The third-order valence-electron chi connectivity index (χ3n) is 4.06. The average Bonchev–Trinajstić information content (AvgIpc) is 2.61. The highest BCUT2D eigenvalue weighted by Gasteiger charge is 2.06. The van der Waals surface area contributed by atoms with E-state index in [2.05, 4.69) is 13.0 Å². The normalized spacial score (nSPS) is 10.3. The molecule has 118 valence electrons. The minimum Gasteiger partial charge on any atom is -0.294 e. The van der Waals surface area contributed by atoms with E-state index in [0.29, 0.717) is 12.0 Å². The molecule has 2 aromatic rings. The lowest BCUT2D eigenvalue weighted by molar-refractivity contribution is 0.0979. The van der Waals surface area contributed by atoms with Gasteiger partial charge in [-0.2, -0.15) is 5.26 Å². The van der Waals surface area contributed by atoms with Gasteiger partial charge in [0, 0.05) is 12.0 Å². The monoisotopic (exact) mass is 305 g/mol. The van der Waals surface area contributed by atoms with Crippen LogP contribution in [0.1, 0.15) is 61.4 Å². The molecule has 0 saturated heterocycles. The Morgan fingerprint density at radius 2 is 1.43 bits per heavy atom. The summed E-state index contributed by atoms with van der Waals surface area (Å²) < 4.78 is 0. The second-order valence-corrected chi connectivity index (χ2v) is 5.85. The van der Waals surface area contributed by atoms with Crippen molar-refractivity contribution in [2.75, 3.05) is 0 Å². The number of carbonyl (C=O) groups is 1. The maximum absolute atomic E-state index is 12.2. The number of benzene rings is 2. The first-order chi connectivity index (χ1) is 11.2. The van der Waals surface area contributed by atoms with Crippen LogP contribution in [0.15, 0.2) is 48.5 Å². The quantitative estimate of drug-likeness (QED) is 0.459. The lowest BCUT2D eigenvalue weighted by Gasteiger charge is -2.05. The minimum absolute atomic E-state index is 0.230. The van der Waals surface area contributed by atoms with Crippen LogP contribution in [-0.4, -0.2) is 5.78 Å². The van der Waals surface area contributed by atoms with Crippen molar-refractivity contribution < 1.29 is 4.79 Å². The molecule has 0 radical (unpaired) electrons. The summed E-state index contributed by atoms with van der Waals surface area (Å²) in [5.74, 6) is 0.230. The van der Waals surface area contributed by atoms with E-state index in [-0.39, 0.29) is 5.78 Å². The van der Waals surface area contributed by atoms with Crippen LogP contribution in [0.4, 0.5) is 0 Å². The van der Waals surface area contributed by atoms with Gasteiger partial charge in [-0.15, -0.1) is 0 Å². The van der Waals surface area contributed by atoms with Crippen LogP contribution in [0.5, 0.6) is 0 Å². The average molecular weight is 305 g/mol. The summed E-state index contributed by atoms with van der Waals surface area (Å²) in [7, 11) is 0. The molecule has 0 N–H and O–H groups in total. The Kier molecular flexibility index (Phi) is 6.56. The SMILES string of the molecule is CCCCCCCC(=O)c1ccc(-c2ccc(C#N)cc2)cc1. The Morgan fingerprint density at radius 3 is 2.00 bits per heavy atom. The van der Waals surface area contributed by atoms with E-state index in [1.807, 2.05) is 48.5 Å². The van der Waals surface area contributed by atoms with Gasteiger partial charge in [0.25, 0.3) is 0 Å². The van der Waals surface area contributed by atoms with Crippen LogP contribution in [0.3, 0.4) is 0 Å². The smallest absolute Gasteiger partial charge is 0.162 e. The molecule has 0 spiro atoms. The fourth-order valence-corrected chi connectivity index (χ4v) is 2.62. The lowest BCUT2D eigenvalue weighted by atomic mass is 9.99. The molecule has 0 bridgehead atoms. The van der Waals surface area contributed by atoms with Gasteiger partial charge >= 0.3 is 0 Å². The molecule has 2 heteroatoms. The van der Waals surface area contributed by atoms with E-state index < -0.39 is 0 Å². The van der Waals surface area contributed by atoms with Crippen LogP contribution in [0, 0.1) is 11.3 Å². The summed E-state index contributed by atoms with van der Waals surface area (Å²) in [5.41, 5.74) is 3.57. The van der Waals surface area contributed by atoms with Crippen molar-refractivity contribution >= 4 is 5.78 Å². The fraction of sp³-hybridized carbons (Fsp3) is 0.333. The highest BCUT2D eigenvalue weighted by molar-refractivity contribution is 5.96. The van der Waals surface area contributed by atoms with Crippen molar-refractivity contribution in [1.29, 1.82) is 5.26 Å². The summed E-state index contributed by atoms with van der Waals surface area (Å²) in [5, 5.41) is 8.83. The Morgan fingerprint density at radius 1 is 0.870 bits per heavy atom. The standard InChI is InChI=1S/C21H23NO/c1-2-3-4-5-6-7-21(23)20-14-12-19(13-15-20)18-10-8-17(16-22)9-11-18/h8-15H,2-7H2,1H3. The summed E-state index contributed by atoms with van der Waals surface area (Å²) in [4.78, 5) is 12.2. The highest BCUT2D eigenvalue weighted by atomic mass is 16.1. The highest BCUT2D eigenvalue weighted by Crippen LogP contribution is 2.21. The third kappa shape index (κ3) is 5.07. The van der Waals surface area contributed by atoms with Gasteiger partial charge < -0.3 is 0 Å². The first-order valence-electron chi connectivity index (χ1n) is 8.38. The maximum Gasteiger partial charge on any atom is 0.162 e. The number of hydrogen-bond acceptors (Lipinski definition) is 2. The van der Waals surface area contributed by atoms with Crippen LogP contribution < -0.4 is 0 Å². The number of Topliss-reactive ketones (excluding diaryl/α,β-unsaturated/α-hetero) is 1. The molecule has 0 amide bonds. The largest absolute Gasteiger partial charge is 0.294 e. The zero-order valence-corrected chi connectivity index (χ0v) is 13.7. The van der Waals surface area contributed by atoms with Crippen molar-refractivity contribution in [2.24, 2.45) is 0 Å². The molecule has 0 aliphatic carbocycles. The predicted molar refractivity (Wildman–Crippen MR) is 94.3 cm³/mol. The number of nitrogens with zero attached hydrogens (tertiary/aromatic N) is 1. The maximum atomic E-state index is 12.2. The Hall–Kier alpha value is -2.40. The van der Waals surface area contributed by atoms with Gasteiger partial charge in [0.05, 0.1) is 11.6 Å². The van der Waals surface area contributed by atoms with E-state index in [9.17, 15) is 4.79 Å². The molecule has 2 aromatic carbocycles. The first kappa shape index (κ1) is 17.0. The Balaban J connectivity index is 1.93. The van der Waals surface area contributed by atoms with E-state index in [1.54, 1.807) is 0 Å². The molecule has 0 aliphatic heterocycles. The molecule has 0 aliphatic rings. The zero-order valence-electron chi connectivity index (χ0n) is 13.7. The molecular weight excluding hydrogens is 282 g/mol. The first-order valence-corrected chi connectivity index (χ1v) is 8.38. The number of unbranched alkanes of at least 4 members (excludes halogenated alkanes) is 4. The molecular formula is C21H23NO. The second-order valence-electron chi connectivity index (χ2n) is 5.85. The van der Waals surface area contributed by atoms with Gasteiger partial charge in [-0.3, -0.25) is 4.79 Å². The molecule has 23 heavy (non-hydrogen) atoms. The van der Waals surface area contributed by atoms with Gasteiger partial charge in [0.15, 0.2) is 5.78 Å². The predicted octanol–water partition coefficient (Wildman–Crippen LogP) is 5.77. The fourth-order valence-electron chi connectivity index (χ4n) is 2.62. The molecule has 0 fully saturated rings. The summed E-state index contributed by atoms with van der Waals surface area (Å²) in [6.07, 6.45) is 6.47.